The second kappa shape index (κ2) is 10.1. The highest BCUT2D eigenvalue weighted by molar-refractivity contribution is 5.62. The molecule has 0 fully saturated rings. The van der Waals surface area contributed by atoms with Crippen LogP contribution in [0.1, 0.15) is 13.8 Å². The van der Waals surface area contributed by atoms with E-state index in [4.69, 9.17) is 0 Å². The zero-order valence-electron chi connectivity index (χ0n) is 17.6. The Kier molecular flexibility index (Phi) is 7.06. The van der Waals surface area contributed by atoms with Crippen LogP contribution in [0.5, 0.6) is 11.5 Å². The molecule has 0 aliphatic rings. The van der Waals surface area contributed by atoms with Crippen molar-refractivity contribution < 1.29 is 15.1 Å². The fourth-order valence-corrected chi connectivity index (χ4v) is 2.93. The van der Waals surface area contributed by atoms with Crippen LogP contribution in [-0.4, -0.2) is 28.2 Å². The first-order valence-corrected chi connectivity index (χ1v) is 9.90. The molecule has 3 aromatic rings. The first kappa shape index (κ1) is 22.3. The van der Waals surface area contributed by atoms with Gasteiger partial charge in [0.2, 0.25) is 0 Å². The number of non-ortho nitro benzene ring substituents is 1. The van der Waals surface area contributed by atoms with Crippen molar-refractivity contribution in [3.05, 3.63) is 70.8 Å². The van der Waals surface area contributed by atoms with Crippen LogP contribution in [0, 0.1) is 10.1 Å². The molecule has 0 atom stereocenters. The molecule has 0 aliphatic carbocycles. The molecule has 3 rings (SSSR count). The third kappa shape index (κ3) is 5.42. The maximum Gasteiger partial charge on any atom is 0.271 e. The highest BCUT2D eigenvalue weighted by Crippen LogP contribution is 2.36. The fourth-order valence-electron chi connectivity index (χ4n) is 2.93. The first-order chi connectivity index (χ1) is 15.4. The summed E-state index contributed by atoms with van der Waals surface area (Å²) in [6.45, 7) is 5.67. The van der Waals surface area contributed by atoms with Crippen molar-refractivity contribution >= 4 is 34.1 Å². The summed E-state index contributed by atoms with van der Waals surface area (Å²) < 4.78 is 0. The number of nitro groups is 1. The maximum absolute atomic E-state index is 10.9. The molecule has 0 unspecified atom stereocenters. The third-order valence-electron chi connectivity index (χ3n) is 4.63. The quantitative estimate of drug-likeness (QED) is 0.231. The smallest absolute Gasteiger partial charge is 0.271 e. The lowest BCUT2D eigenvalue weighted by atomic mass is 10.2. The molecule has 0 radical (unpaired) electrons. The Labute approximate surface area is 184 Å². The number of phenolic OH excluding ortho intramolecular Hbond substituents is 2. The molecule has 0 saturated heterocycles. The number of hydrogen-bond donors (Lipinski definition) is 2. The van der Waals surface area contributed by atoms with E-state index in [0.29, 0.717) is 11.4 Å². The van der Waals surface area contributed by atoms with Crippen molar-refractivity contribution in [1.29, 1.82) is 0 Å². The second-order valence-electron chi connectivity index (χ2n) is 6.70. The zero-order chi connectivity index (χ0) is 23.1. The molecular formula is C22H22N6O4. The Morgan fingerprint density at radius 2 is 1.50 bits per heavy atom. The second-order valence-corrected chi connectivity index (χ2v) is 6.70. The number of benzene rings is 3. The lowest BCUT2D eigenvalue weighted by Gasteiger charge is -2.21. The summed E-state index contributed by atoms with van der Waals surface area (Å²) in [4.78, 5) is 12.4. The number of rotatable bonds is 8. The van der Waals surface area contributed by atoms with Crippen molar-refractivity contribution in [3.63, 3.8) is 0 Å². The van der Waals surface area contributed by atoms with Crippen LogP contribution in [0.2, 0.25) is 0 Å². The molecule has 10 heteroatoms. The molecule has 2 N–H and O–H groups in total. The van der Waals surface area contributed by atoms with Crippen LogP contribution >= 0.6 is 0 Å². The Balaban J connectivity index is 1.81. The highest BCUT2D eigenvalue weighted by Gasteiger charge is 2.08. The molecule has 0 bridgehead atoms. The van der Waals surface area contributed by atoms with E-state index in [1.807, 2.05) is 19.9 Å². The summed E-state index contributed by atoms with van der Waals surface area (Å²) in [5.41, 5.74) is 1.85. The fraction of sp³-hybridized carbons (Fsp3) is 0.182. The largest absolute Gasteiger partial charge is 0.506 e. The summed E-state index contributed by atoms with van der Waals surface area (Å²) in [5, 5.41) is 47.3. The number of phenols is 2. The molecule has 0 amide bonds. The van der Waals surface area contributed by atoms with E-state index >= 15 is 0 Å². The molecule has 3 aromatic carbocycles. The van der Waals surface area contributed by atoms with Gasteiger partial charge in [0.05, 0.1) is 16.3 Å². The predicted molar refractivity (Wildman–Crippen MR) is 121 cm³/mol. The lowest BCUT2D eigenvalue weighted by Crippen LogP contribution is -2.21. The van der Waals surface area contributed by atoms with E-state index in [1.165, 1.54) is 36.4 Å². The molecule has 32 heavy (non-hydrogen) atoms. The SMILES string of the molecule is CCN(CC)c1ccc(N=Nc2cc(N=Nc3cccc([N+](=O)[O-])c3)ccc2O)c(O)c1. The Morgan fingerprint density at radius 1 is 0.812 bits per heavy atom. The third-order valence-corrected chi connectivity index (χ3v) is 4.63. The van der Waals surface area contributed by atoms with E-state index in [2.05, 4.69) is 25.4 Å². The van der Waals surface area contributed by atoms with Crippen LogP contribution in [0.3, 0.4) is 0 Å². The number of nitro benzene ring substituents is 1. The minimum Gasteiger partial charge on any atom is -0.506 e. The average Bonchev–Trinajstić information content (AvgIpc) is 2.79. The van der Waals surface area contributed by atoms with Gasteiger partial charge in [-0.3, -0.25) is 10.1 Å². The predicted octanol–water partition coefficient (Wildman–Crippen LogP) is 6.68. The van der Waals surface area contributed by atoms with E-state index in [1.54, 1.807) is 18.2 Å². The van der Waals surface area contributed by atoms with E-state index < -0.39 is 4.92 Å². The summed E-state index contributed by atoms with van der Waals surface area (Å²) >= 11 is 0. The van der Waals surface area contributed by atoms with Gasteiger partial charge in [-0.25, -0.2) is 0 Å². The van der Waals surface area contributed by atoms with Gasteiger partial charge < -0.3 is 15.1 Å². The normalized spacial score (nSPS) is 11.3. The van der Waals surface area contributed by atoms with Crippen LogP contribution in [0.15, 0.2) is 81.1 Å². The topological polar surface area (TPSA) is 136 Å². The van der Waals surface area contributed by atoms with Gasteiger partial charge >= 0.3 is 0 Å². The van der Waals surface area contributed by atoms with Crippen LogP contribution < -0.4 is 4.90 Å². The molecule has 0 heterocycles. The Hall–Kier alpha value is -4.34. The summed E-state index contributed by atoms with van der Waals surface area (Å²) in [5.74, 6) is -0.151. The van der Waals surface area contributed by atoms with Crippen molar-refractivity contribution in [1.82, 2.24) is 0 Å². The number of nitrogens with zero attached hydrogens (tertiary/aromatic N) is 6. The maximum atomic E-state index is 10.9. The van der Waals surface area contributed by atoms with Crippen LogP contribution in [0.25, 0.3) is 0 Å². The van der Waals surface area contributed by atoms with Gasteiger partial charge in [0.15, 0.2) is 0 Å². The molecule has 10 nitrogen and oxygen atoms in total. The van der Waals surface area contributed by atoms with Crippen molar-refractivity contribution in [3.8, 4) is 11.5 Å². The van der Waals surface area contributed by atoms with E-state index in [0.717, 1.165) is 18.8 Å². The molecule has 0 saturated carbocycles. The highest BCUT2D eigenvalue weighted by atomic mass is 16.6. The number of aromatic hydroxyl groups is 2. The van der Waals surface area contributed by atoms with Gasteiger partial charge in [0.1, 0.15) is 22.9 Å². The van der Waals surface area contributed by atoms with E-state index in [-0.39, 0.29) is 28.6 Å². The standard InChI is InChI=1S/C22H22N6O4/c1-3-27(4-2)17-9-10-19(22(30)14-17)25-26-20-13-16(8-11-21(20)29)24-23-15-6-5-7-18(12-15)28(31)32/h5-14,29-30H,3-4H2,1-2H3. The van der Waals surface area contributed by atoms with Crippen molar-refractivity contribution in [2.75, 3.05) is 18.0 Å². The summed E-state index contributed by atoms with van der Waals surface area (Å²) in [6, 6.07) is 15.2. The number of hydrogen-bond acceptors (Lipinski definition) is 9. The van der Waals surface area contributed by atoms with Gasteiger partial charge in [-0.2, -0.15) is 10.2 Å². The van der Waals surface area contributed by atoms with Crippen molar-refractivity contribution in [2.24, 2.45) is 20.5 Å². The molecule has 0 aromatic heterocycles. The molecule has 0 spiro atoms. The summed E-state index contributed by atoms with van der Waals surface area (Å²) in [7, 11) is 0. The van der Waals surface area contributed by atoms with Crippen molar-refractivity contribution in [2.45, 2.75) is 13.8 Å². The molecule has 0 aliphatic heterocycles. The van der Waals surface area contributed by atoms with Gasteiger partial charge in [-0.05, 0) is 50.2 Å². The minimum absolute atomic E-state index is 0.0286. The zero-order valence-corrected chi connectivity index (χ0v) is 17.6. The first-order valence-electron chi connectivity index (χ1n) is 9.90. The minimum atomic E-state index is -0.512. The monoisotopic (exact) mass is 434 g/mol. The van der Waals surface area contributed by atoms with Gasteiger partial charge in [0.25, 0.3) is 5.69 Å². The van der Waals surface area contributed by atoms with Gasteiger partial charge in [-0.1, -0.05) is 6.07 Å². The Bertz CT molecular complexity index is 1170. The van der Waals surface area contributed by atoms with Crippen LogP contribution in [-0.2, 0) is 0 Å². The Morgan fingerprint density at radius 3 is 2.16 bits per heavy atom. The van der Waals surface area contributed by atoms with Crippen LogP contribution in [0.4, 0.5) is 34.1 Å². The summed E-state index contributed by atoms with van der Waals surface area (Å²) in [6.07, 6.45) is 0. The van der Waals surface area contributed by atoms with E-state index in [9.17, 15) is 20.3 Å². The van der Waals surface area contributed by atoms with Gasteiger partial charge in [-0.15, -0.1) is 10.2 Å². The average molecular weight is 434 g/mol. The number of anilines is 1. The molecule has 164 valence electrons. The number of azo groups is 2. The lowest BCUT2D eigenvalue weighted by molar-refractivity contribution is -0.384. The molecular weight excluding hydrogens is 412 g/mol. The van der Waals surface area contributed by atoms with Gasteiger partial charge in [0, 0.05) is 37.0 Å².